The van der Waals surface area contributed by atoms with Crippen LogP contribution in [-0.2, 0) is 23.3 Å². The fourth-order valence-corrected chi connectivity index (χ4v) is 3.63. The van der Waals surface area contributed by atoms with Crippen LogP contribution in [0.1, 0.15) is 20.7 Å². The van der Waals surface area contributed by atoms with E-state index in [0.29, 0.717) is 0 Å². The van der Waals surface area contributed by atoms with Crippen LogP contribution in [0.15, 0.2) is 48.8 Å². The molecule has 0 bridgehead atoms. The highest BCUT2D eigenvalue weighted by molar-refractivity contribution is 7.46. The van der Waals surface area contributed by atoms with Crippen molar-refractivity contribution in [3.8, 4) is 0 Å². The molecule has 0 saturated carbocycles. The minimum absolute atomic E-state index is 0.0522. The molecule has 33 heavy (non-hydrogen) atoms. The van der Waals surface area contributed by atoms with Crippen molar-refractivity contribution in [2.24, 2.45) is 0 Å². The van der Waals surface area contributed by atoms with E-state index in [0.717, 1.165) is 6.20 Å². The maximum Gasteiger partial charge on any atom is 0.470 e. The number of nitrogen functional groups attached to an aromatic ring is 1. The molecule has 14 heteroatoms. The summed E-state index contributed by atoms with van der Waals surface area (Å²) in [5.41, 5.74) is 5.70. The number of benzene rings is 1. The second kappa shape index (κ2) is 10.4. The SMILES string of the molecule is Nc1ccccc1C(=O)O[C@@H]1O[C@H](CO)[C@@H](O)[C@H](OP(=O)(O)O)[C@H]1OC(=O)c1cccnc1. The molecule has 3 rings (SSSR count). The molecular weight excluding hydrogens is 463 g/mol. The molecule has 1 aliphatic rings. The molecule has 1 aromatic carbocycles. The van der Waals surface area contributed by atoms with Crippen molar-refractivity contribution < 1.29 is 52.9 Å². The fourth-order valence-electron chi connectivity index (χ4n) is 3.07. The van der Waals surface area contributed by atoms with E-state index in [1.165, 1.54) is 36.5 Å². The van der Waals surface area contributed by atoms with E-state index in [1.807, 2.05) is 0 Å². The van der Waals surface area contributed by atoms with Crippen LogP contribution in [0.5, 0.6) is 0 Å². The number of aromatic nitrogens is 1. The van der Waals surface area contributed by atoms with Gasteiger partial charge in [-0.3, -0.25) is 9.51 Å². The van der Waals surface area contributed by atoms with Gasteiger partial charge in [-0.15, -0.1) is 0 Å². The summed E-state index contributed by atoms with van der Waals surface area (Å²) in [5.74, 6) is -2.06. The van der Waals surface area contributed by atoms with Gasteiger partial charge < -0.3 is 39.9 Å². The lowest BCUT2D eigenvalue weighted by molar-refractivity contribution is -0.281. The number of esters is 2. The number of nitrogens with zero attached hydrogens (tertiary/aromatic N) is 1. The summed E-state index contributed by atoms with van der Waals surface area (Å²) in [6.45, 7) is -0.840. The van der Waals surface area contributed by atoms with Gasteiger partial charge in [0.2, 0.25) is 6.29 Å². The molecule has 0 spiro atoms. The van der Waals surface area contributed by atoms with Crippen molar-refractivity contribution in [1.29, 1.82) is 0 Å². The number of aliphatic hydroxyl groups is 2. The quantitative estimate of drug-likeness (QED) is 0.193. The van der Waals surface area contributed by atoms with Crippen molar-refractivity contribution in [2.45, 2.75) is 30.7 Å². The molecule has 2 heterocycles. The number of rotatable bonds is 7. The summed E-state index contributed by atoms with van der Waals surface area (Å²) < 4.78 is 32.0. The normalized spacial score (nSPS) is 25.3. The number of nitrogens with two attached hydrogens (primary N) is 1. The fraction of sp³-hybridized carbons (Fsp3) is 0.316. The van der Waals surface area contributed by atoms with Crippen LogP contribution in [0.4, 0.5) is 5.69 Å². The van der Waals surface area contributed by atoms with Crippen molar-refractivity contribution >= 4 is 25.4 Å². The summed E-state index contributed by atoms with van der Waals surface area (Å²) >= 11 is 0. The van der Waals surface area contributed by atoms with E-state index >= 15 is 0 Å². The smallest absolute Gasteiger partial charge is 0.449 e. The Balaban J connectivity index is 1.95. The van der Waals surface area contributed by atoms with Gasteiger partial charge in [0.1, 0.15) is 18.3 Å². The van der Waals surface area contributed by atoms with Crippen LogP contribution in [0.25, 0.3) is 0 Å². The number of carbonyl (C=O) groups is 2. The zero-order chi connectivity index (χ0) is 24.2. The van der Waals surface area contributed by atoms with E-state index < -0.39 is 57.1 Å². The Hall–Kier alpha value is -2.90. The maximum absolute atomic E-state index is 12.7. The summed E-state index contributed by atoms with van der Waals surface area (Å²) in [4.78, 5) is 47.6. The average molecular weight is 484 g/mol. The first-order chi connectivity index (χ1) is 15.6. The minimum Gasteiger partial charge on any atom is -0.449 e. The molecule has 1 aliphatic heterocycles. The van der Waals surface area contributed by atoms with Crippen molar-refractivity contribution in [1.82, 2.24) is 4.98 Å². The first-order valence-corrected chi connectivity index (χ1v) is 11.0. The van der Waals surface area contributed by atoms with Crippen LogP contribution in [-0.4, -0.2) is 74.2 Å². The zero-order valence-electron chi connectivity index (χ0n) is 16.8. The van der Waals surface area contributed by atoms with E-state index in [4.69, 9.17) is 19.9 Å². The Labute approximate surface area is 186 Å². The molecule has 2 aromatic rings. The number of para-hydroxylation sites is 1. The molecule has 0 aliphatic carbocycles. The molecule has 13 nitrogen and oxygen atoms in total. The van der Waals surface area contributed by atoms with Crippen molar-refractivity contribution in [3.63, 3.8) is 0 Å². The van der Waals surface area contributed by atoms with Gasteiger partial charge in [-0.2, -0.15) is 0 Å². The number of hydrogen-bond donors (Lipinski definition) is 5. The number of ether oxygens (including phenoxy) is 3. The highest BCUT2D eigenvalue weighted by Gasteiger charge is 2.52. The molecule has 0 amide bonds. The highest BCUT2D eigenvalue weighted by atomic mass is 31.2. The first-order valence-electron chi connectivity index (χ1n) is 9.45. The molecule has 5 atom stereocenters. The molecule has 1 saturated heterocycles. The van der Waals surface area contributed by atoms with Crippen molar-refractivity contribution in [2.75, 3.05) is 12.3 Å². The lowest BCUT2D eigenvalue weighted by Gasteiger charge is -2.42. The minimum atomic E-state index is -5.25. The Bertz CT molecular complexity index is 1030. The zero-order valence-corrected chi connectivity index (χ0v) is 17.7. The molecular formula is C19H21N2O11P. The number of hydrogen-bond acceptors (Lipinski definition) is 11. The van der Waals surface area contributed by atoms with Gasteiger partial charge in [-0.1, -0.05) is 12.1 Å². The first kappa shape index (κ1) is 24.7. The Morgan fingerprint density at radius 2 is 1.82 bits per heavy atom. The van der Waals surface area contributed by atoms with Gasteiger partial charge in [0.25, 0.3) is 0 Å². The third-order valence-corrected chi connectivity index (χ3v) is 5.12. The van der Waals surface area contributed by atoms with E-state index in [1.54, 1.807) is 6.07 Å². The van der Waals surface area contributed by atoms with Gasteiger partial charge in [0, 0.05) is 18.1 Å². The van der Waals surface area contributed by atoms with E-state index in [2.05, 4.69) is 9.51 Å². The highest BCUT2D eigenvalue weighted by Crippen LogP contribution is 2.42. The largest absolute Gasteiger partial charge is 0.470 e. The molecule has 6 N–H and O–H groups in total. The molecule has 0 unspecified atom stereocenters. The number of pyridine rings is 1. The summed E-state index contributed by atoms with van der Waals surface area (Å²) in [6.07, 6.45) is -6.45. The Morgan fingerprint density at radius 3 is 2.42 bits per heavy atom. The topological polar surface area (TPSA) is 208 Å². The monoisotopic (exact) mass is 484 g/mol. The Morgan fingerprint density at radius 1 is 1.09 bits per heavy atom. The van der Waals surface area contributed by atoms with Gasteiger partial charge in [-0.25, -0.2) is 14.2 Å². The number of aliphatic hydroxyl groups excluding tert-OH is 2. The van der Waals surface area contributed by atoms with Gasteiger partial charge in [0.15, 0.2) is 6.10 Å². The van der Waals surface area contributed by atoms with Crippen LogP contribution in [0.3, 0.4) is 0 Å². The van der Waals surface area contributed by atoms with E-state index in [9.17, 15) is 34.2 Å². The van der Waals surface area contributed by atoms with Gasteiger partial charge >= 0.3 is 19.8 Å². The number of phosphoric ester groups is 1. The second-order valence-corrected chi connectivity index (χ2v) is 8.07. The number of anilines is 1. The van der Waals surface area contributed by atoms with E-state index in [-0.39, 0.29) is 16.8 Å². The third kappa shape index (κ3) is 6.12. The van der Waals surface area contributed by atoms with Crippen LogP contribution < -0.4 is 5.73 Å². The van der Waals surface area contributed by atoms with Gasteiger partial charge in [0.05, 0.1) is 17.7 Å². The predicted octanol–water partition coefficient (Wildman–Crippen LogP) is -0.398. The second-order valence-electron chi connectivity index (χ2n) is 6.88. The average Bonchev–Trinajstić information content (AvgIpc) is 2.77. The summed E-state index contributed by atoms with van der Waals surface area (Å²) in [5, 5.41) is 20.0. The summed E-state index contributed by atoms with van der Waals surface area (Å²) in [6, 6.07) is 8.64. The number of phosphoric acid groups is 1. The number of carbonyl (C=O) groups excluding carboxylic acids is 2. The standard InChI is InChI=1S/C19H21N2O11P/c20-12-6-2-1-5-11(12)18(25)31-19-16(30-17(24)10-4-3-7-21-8-10)15(32-33(26,27)28)14(23)13(9-22)29-19/h1-8,13-16,19,22-23H,9,20H2,(H2,26,27,28)/t13-,14-,15+,16-,19+/m1/s1. The Kier molecular flexibility index (Phi) is 7.76. The molecule has 0 radical (unpaired) electrons. The van der Waals surface area contributed by atoms with Crippen LogP contribution in [0.2, 0.25) is 0 Å². The lowest BCUT2D eigenvalue weighted by Crippen LogP contribution is -2.61. The van der Waals surface area contributed by atoms with Gasteiger partial charge in [-0.05, 0) is 24.3 Å². The molecule has 178 valence electrons. The third-order valence-electron chi connectivity index (χ3n) is 4.60. The summed E-state index contributed by atoms with van der Waals surface area (Å²) in [7, 11) is -5.25. The molecule has 1 fully saturated rings. The van der Waals surface area contributed by atoms with Crippen LogP contribution in [0, 0.1) is 0 Å². The van der Waals surface area contributed by atoms with Crippen molar-refractivity contribution in [3.05, 3.63) is 59.9 Å². The van der Waals surface area contributed by atoms with Crippen LogP contribution >= 0.6 is 7.82 Å². The lowest BCUT2D eigenvalue weighted by atomic mass is 9.99. The maximum atomic E-state index is 12.7. The molecule has 1 aromatic heterocycles. The predicted molar refractivity (Wildman–Crippen MR) is 108 cm³/mol.